The van der Waals surface area contributed by atoms with Crippen molar-refractivity contribution in [3.05, 3.63) is 11.6 Å². The Labute approximate surface area is 102 Å². The average molecular weight is 239 g/mol. The van der Waals surface area contributed by atoms with Crippen LogP contribution < -0.4 is 0 Å². The lowest BCUT2D eigenvalue weighted by atomic mass is 9.97. The number of morpholine rings is 1. The summed E-state index contributed by atoms with van der Waals surface area (Å²) in [5, 5.41) is 9.04. The molecule has 1 amide bonds. The summed E-state index contributed by atoms with van der Waals surface area (Å²) < 4.78 is 5.34. The van der Waals surface area contributed by atoms with Gasteiger partial charge >= 0.3 is 0 Å². The fourth-order valence-electron chi connectivity index (χ4n) is 2.43. The highest BCUT2D eigenvalue weighted by atomic mass is 16.5. The van der Waals surface area contributed by atoms with Crippen molar-refractivity contribution >= 4 is 5.91 Å². The van der Waals surface area contributed by atoms with Gasteiger partial charge in [0.1, 0.15) is 0 Å². The van der Waals surface area contributed by atoms with Crippen LogP contribution in [0.4, 0.5) is 0 Å². The minimum absolute atomic E-state index is 0.00746. The van der Waals surface area contributed by atoms with E-state index >= 15 is 0 Å². The van der Waals surface area contributed by atoms with Crippen LogP contribution in [-0.4, -0.2) is 48.3 Å². The first kappa shape index (κ1) is 12.6. The van der Waals surface area contributed by atoms with Crippen molar-refractivity contribution in [3.63, 3.8) is 0 Å². The van der Waals surface area contributed by atoms with Crippen LogP contribution in [0.2, 0.25) is 0 Å². The van der Waals surface area contributed by atoms with Crippen LogP contribution in [0.5, 0.6) is 0 Å². The zero-order chi connectivity index (χ0) is 12.1. The van der Waals surface area contributed by atoms with E-state index in [1.54, 1.807) is 0 Å². The Balaban J connectivity index is 1.84. The molecule has 2 aliphatic rings. The molecule has 0 radical (unpaired) electrons. The van der Waals surface area contributed by atoms with E-state index < -0.39 is 0 Å². The second-order valence-corrected chi connectivity index (χ2v) is 4.80. The van der Waals surface area contributed by atoms with Gasteiger partial charge in [0.15, 0.2) is 0 Å². The summed E-state index contributed by atoms with van der Waals surface area (Å²) in [7, 11) is 0. The molecule has 4 nitrogen and oxygen atoms in total. The molecule has 1 aliphatic heterocycles. The van der Waals surface area contributed by atoms with Crippen LogP contribution in [0.15, 0.2) is 11.6 Å². The third-order valence-electron chi connectivity index (χ3n) is 3.46. The average Bonchev–Trinajstić information content (AvgIpc) is 2.40. The summed E-state index contributed by atoms with van der Waals surface area (Å²) in [5.41, 5.74) is 1.29. The molecule has 0 aromatic rings. The number of aliphatic hydroxyl groups is 1. The van der Waals surface area contributed by atoms with E-state index in [1.807, 2.05) is 4.90 Å². The normalized spacial score (nSPS) is 25.6. The first-order chi connectivity index (χ1) is 8.29. The van der Waals surface area contributed by atoms with Gasteiger partial charge in [-0.25, -0.2) is 0 Å². The number of aliphatic hydroxyl groups excluding tert-OH is 1. The van der Waals surface area contributed by atoms with Gasteiger partial charge < -0.3 is 14.7 Å². The highest BCUT2D eigenvalue weighted by molar-refractivity contribution is 5.78. The summed E-state index contributed by atoms with van der Waals surface area (Å²) >= 11 is 0. The van der Waals surface area contributed by atoms with E-state index in [2.05, 4.69) is 6.08 Å². The Bertz CT molecular complexity index is 301. The lowest BCUT2D eigenvalue weighted by Crippen LogP contribution is -2.46. The molecule has 1 heterocycles. The lowest BCUT2D eigenvalue weighted by Gasteiger charge is -2.32. The fourth-order valence-corrected chi connectivity index (χ4v) is 2.43. The van der Waals surface area contributed by atoms with E-state index in [4.69, 9.17) is 9.84 Å². The summed E-state index contributed by atoms with van der Waals surface area (Å²) in [6, 6.07) is 0. The number of allylic oxidation sites excluding steroid dienone is 1. The number of carbonyl (C=O) groups excluding carboxylic acids is 1. The number of rotatable bonds is 3. The minimum atomic E-state index is -0.201. The molecule has 1 atom stereocenters. The van der Waals surface area contributed by atoms with Gasteiger partial charge in [-0.3, -0.25) is 4.79 Å². The topological polar surface area (TPSA) is 49.8 Å². The molecular weight excluding hydrogens is 218 g/mol. The van der Waals surface area contributed by atoms with Crippen LogP contribution >= 0.6 is 0 Å². The van der Waals surface area contributed by atoms with Crippen molar-refractivity contribution < 1.29 is 14.6 Å². The van der Waals surface area contributed by atoms with Crippen molar-refractivity contribution in [2.45, 2.75) is 38.2 Å². The minimum Gasteiger partial charge on any atom is -0.394 e. The molecule has 1 aliphatic carbocycles. The van der Waals surface area contributed by atoms with E-state index in [9.17, 15) is 4.79 Å². The van der Waals surface area contributed by atoms with Gasteiger partial charge in [0.05, 0.1) is 19.3 Å². The molecule has 0 spiro atoms. The zero-order valence-electron chi connectivity index (χ0n) is 10.2. The predicted molar refractivity (Wildman–Crippen MR) is 64.6 cm³/mol. The van der Waals surface area contributed by atoms with Crippen molar-refractivity contribution in [1.29, 1.82) is 0 Å². The maximum absolute atomic E-state index is 12.1. The molecule has 1 unspecified atom stereocenters. The van der Waals surface area contributed by atoms with Gasteiger partial charge in [-0.15, -0.1) is 0 Å². The number of hydrogen-bond donors (Lipinski definition) is 1. The number of ether oxygens (including phenoxy) is 1. The Morgan fingerprint density at radius 1 is 1.53 bits per heavy atom. The van der Waals surface area contributed by atoms with Crippen LogP contribution in [0, 0.1) is 0 Å². The van der Waals surface area contributed by atoms with E-state index in [-0.39, 0.29) is 18.6 Å². The Morgan fingerprint density at radius 3 is 3.12 bits per heavy atom. The van der Waals surface area contributed by atoms with Crippen molar-refractivity contribution in [2.75, 3.05) is 26.3 Å². The van der Waals surface area contributed by atoms with Crippen LogP contribution in [0.1, 0.15) is 32.1 Å². The van der Waals surface area contributed by atoms with Gasteiger partial charge in [-0.1, -0.05) is 11.6 Å². The molecule has 1 saturated heterocycles. The third kappa shape index (κ3) is 3.54. The van der Waals surface area contributed by atoms with Gasteiger partial charge in [-0.05, 0) is 25.7 Å². The van der Waals surface area contributed by atoms with Gasteiger partial charge in [0.2, 0.25) is 5.91 Å². The van der Waals surface area contributed by atoms with E-state index in [1.165, 1.54) is 18.4 Å². The summed E-state index contributed by atoms with van der Waals surface area (Å²) in [6.07, 6.45) is 7.21. The molecule has 96 valence electrons. The lowest BCUT2D eigenvalue weighted by molar-refractivity contribution is -0.139. The largest absolute Gasteiger partial charge is 0.394 e. The van der Waals surface area contributed by atoms with Crippen LogP contribution in [0.3, 0.4) is 0 Å². The first-order valence-electron chi connectivity index (χ1n) is 6.47. The zero-order valence-corrected chi connectivity index (χ0v) is 10.2. The molecule has 17 heavy (non-hydrogen) atoms. The van der Waals surface area contributed by atoms with Crippen molar-refractivity contribution in [1.82, 2.24) is 4.90 Å². The van der Waals surface area contributed by atoms with Crippen molar-refractivity contribution in [2.24, 2.45) is 0 Å². The van der Waals surface area contributed by atoms with Crippen LogP contribution in [-0.2, 0) is 9.53 Å². The molecule has 2 rings (SSSR count). The fraction of sp³-hybridized carbons (Fsp3) is 0.769. The Kier molecular flexibility index (Phi) is 4.57. The number of hydrogen-bond acceptors (Lipinski definition) is 3. The number of amides is 1. The highest BCUT2D eigenvalue weighted by Gasteiger charge is 2.24. The molecule has 0 bridgehead atoms. The molecule has 1 fully saturated rings. The molecule has 1 N–H and O–H groups in total. The number of carbonyl (C=O) groups is 1. The van der Waals surface area contributed by atoms with E-state index in [0.29, 0.717) is 26.1 Å². The van der Waals surface area contributed by atoms with Crippen molar-refractivity contribution in [3.8, 4) is 0 Å². The molecule has 0 aromatic carbocycles. The summed E-state index contributed by atoms with van der Waals surface area (Å²) in [4.78, 5) is 13.9. The maximum Gasteiger partial charge on any atom is 0.226 e. The summed E-state index contributed by atoms with van der Waals surface area (Å²) in [6.45, 7) is 1.72. The highest BCUT2D eigenvalue weighted by Crippen LogP contribution is 2.21. The standard InChI is InChI=1S/C13H21NO3/c15-10-12-9-14(6-7-17-12)13(16)8-11-4-2-1-3-5-11/h4,12,15H,1-3,5-10H2. The second kappa shape index (κ2) is 6.17. The summed E-state index contributed by atoms with van der Waals surface area (Å²) in [5.74, 6) is 0.180. The third-order valence-corrected chi connectivity index (χ3v) is 3.46. The maximum atomic E-state index is 12.1. The SMILES string of the molecule is O=C(CC1=CCCCC1)N1CCOC(CO)C1. The predicted octanol–water partition coefficient (Wildman–Crippen LogP) is 1.10. The van der Waals surface area contributed by atoms with Crippen LogP contribution in [0.25, 0.3) is 0 Å². The smallest absolute Gasteiger partial charge is 0.226 e. The Morgan fingerprint density at radius 2 is 2.41 bits per heavy atom. The van der Waals surface area contributed by atoms with Gasteiger partial charge in [0, 0.05) is 19.5 Å². The quantitative estimate of drug-likeness (QED) is 0.750. The van der Waals surface area contributed by atoms with Gasteiger partial charge in [-0.2, -0.15) is 0 Å². The number of nitrogens with zero attached hydrogens (tertiary/aromatic N) is 1. The van der Waals surface area contributed by atoms with E-state index in [0.717, 1.165) is 12.8 Å². The Hall–Kier alpha value is -0.870. The molecule has 4 heteroatoms. The first-order valence-corrected chi connectivity index (χ1v) is 6.47. The molecule has 0 saturated carbocycles. The second-order valence-electron chi connectivity index (χ2n) is 4.80. The van der Waals surface area contributed by atoms with Gasteiger partial charge in [0.25, 0.3) is 0 Å². The molecular formula is C13H21NO3. The molecule has 0 aromatic heterocycles. The monoisotopic (exact) mass is 239 g/mol.